The molecule has 4 rings (SSSR count). The summed E-state index contributed by atoms with van der Waals surface area (Å²) in [5, 5.41) is 5.15. The van der Waals surface area contributed by atoms with Crippen LogP contribution in [0, 0.1) is 17.7 Å². The maximum Gasteiger partial charge on any atom is 0.266 e. The van der Waals surface area contributed by atoms with Crippen LogP contribution in [0.5, 0.6) is 0 Å². The topological polar surface area (TPSA) is 74.3 Å². The zero-order chi connectivity index (χ0) is 21.8. The van der Waals surface area contributed by atoms with Crippen molar-refractivity contribution in [2.24, 2.45) is 11.8 Å². The molecule has 1 aromatic heterocycles. The maximum absolute atomic E-state index is 14.8. The van der Waals surface area contributed by atoms with Crippen LogP contribution in [0.4, 0.5) is 15.2 Å². The molecule has 12 heteroatoms. The number of aromatic nitrogens is 1. The van der Waals surface area contributed by atoms with Crippen molar-refractivity contribution in [3.63, 3.8) is 0 Å². The van der Waals surface area contributed by atoms with E-state index in [1.807, 2.05) is 14.1 Å². The molecule has 2 unspecified atom stereocenters. The van der Waals surface area contributed by atoms with Crippen LogP contribution in [0.1, 0.15) is 12.8 Å². The van der Waals surface area contributed by atoms with Gasteiger partial charge in [0.05, 0.1) is 10.7 Å². The summed E-state index contributed by atoms with van der Waals surface area (Å²) in [6.07, 6.45) is 2.97. The lowest BCUT2D eigenvalue weighted by Gasteiger charge is -2.36. The predicted octanol–water partition coefficient (Wildman–Crippen LogP) is 4.66. The van der Waals surface area contributed by atoms with Gasteiger partial charge in [0.1, 0.15) is 15.0 Å². The summed E-state index contributed by atoms with van der Waals surface area (Å²) >= 11 is 20.2. The Hall–Kier alpha value is -0.840. The highest BCUT2D eigenvalue weighted by molar-refractivity contribution is 7.93. The summed E-state index contributed by atoms with van der Waals surface area (Å²) < 4.78 is 41.4. The number of sulfonamides is 1. The highest BCUT2D eigenvalue weighted by atomic mass is 35.5. The van der Waals surface area contributed by atoms with Gasteiger partial charge in [0.15, 0.2) is 5.13 Å². The number of fused-ring (bicyclic) bond motifs is 1. The van der Waals surface area contributed by atoms with Crippen molar-refractivity contribution < 1.29 is 12.8 Å². The molecular weight excluding hydrogens is 494 g/mol. The second-order valence-electron chi connectivity index (χ2n) is 7.85. The van der Waals surface area contributed by atoms with E-state index in [1.54, 1.807) is 5.38 Å². The molecular formula is C18H20Cl3FN4O2S2. The van der Waals surface area contributed by atoms with Gasteiger partial charge in [-0.2, -0.15) is 0 Å². The normalized spacial score (nSPS) is 27.6. The Morgan fingerprint density at radius 1 is 1.27 bits per heavy atom. The highest BCUT2D eigenvalue weighted by Crippen LogP contribution is 2.65. The number of anilines is 2. The van der Waals surface area contributed by atoms with Crippen molar-refractivity contribution in [2.75, 3.05) is 24.1 Å². The fourth-order valence-electron chi connectivity index (χ4n) is 4.17. The van der Waals surface area contributed by atoms with Crippen molar-refractivity contribution in [3.8, 4) is 0 Å². The average Bonchev–Trinajstić information content (AvgIpc) is 2.97. The molecule has 2 aliphatic carbocycles. The molecule has 164 valence electrons. The SMILES string of the molecule is CN(C)[C@H]1CC2C(C[C@@H]1Nc1cc(F)c(S(=O)(=O)Nc3nccs3)cc1Cl)C2(Cl)Cl. The lowest BCUT2D eigenvalue weighted by molar-refractivity contribution is 0.204. The molecule has 6 nitrogen and oxygen atoms in total. The van der Waals surface area contributed by atoms with E-state index in [1.165, 1.54) is 6.20 Å². The van der Waals surface area contributed by atoms with Gasteiger partial charge in [-0.05, 0) is 50.9 Å². The molecule has 0 amide bonds. The smallest absolute Gasteiger partial charge is 0.266 e. The molecule has 0 aliphatic heterocycles. The Labute approximate surface area is 193 Å². The first kappa shape index (κ1) is 22.4. The minimum atomic E-state index is -4.16. The van der Waals surface area contributed by atoms with Crippen LogP contribution in [-0.2, 0) is 10.0 Å². The van der Waals surface area contributed by atoms with E-state index in [4.69, 9.17) is 34.8 Å². The number of thiazole rings is 1. The standard InChI is InChI=1S/C18H20Cl3FN4O2S2/c1-26(2)15-6-10-9(18(10,20)21)5-14(15)24-13-8-12(22)16(7-11(13)19)30(27,28)25-17-23-3-4-29-17/h3-4,7-10,14-15,24H,5-6H2,1-2H3,(H,23,25)/t9?,10?,14-,15-/m0/s1. The molecule has 2 saturated carbocycles. The molecule has 0 saturated heterocycles. The van der Waals surface area contributed by atoms with Gasteiger partial charge in [-0.3, -0.25) is 4.72 Å². The van der Waals surface area contributed by atoms with Gasteiger partial charge in [-0.25, -0.2) is 17.8 Å². The number of hydrogen-bond donors (Lipinski definition) is 2. The van der Waals surface area contributed by atoms with Gasteiger partial charge in [-0.15, -0.1) is 34.5 Å². The van der Waals surface area contributed by atoms with E-state index in [-0.39, 0.29) is 34.1 Å². The molecule has 1 heterocycles. The summed E-state index contributed by atoms with van der Waals surface area (Å²) in [5.41, 5.74) is 0.327. The summed E-state index contributed by atoms with van der Waals surface area (Å²) in [5.74, 6) is -0.500. The number of rotatable bonds is 6. The fourth-order valence-corrected chi connectivity index (χ4v) is 7.17. The Kier molecular flexibility index (Phi) is 5.91. The maximum atomic E-state index is 14.8. The minimum absolute atomic E-state index is 0.0616. The van der Waals surface area contributed by atoms with Gasteiger partial charge in [0, 0.05) is 23.7 Å². The largest absolute Gasteiger partial charge is 0.379 e. The number of alkyl halides is 2. The average molecular weight is 514 g/mol. The number of benzene rings is 1. The van der Waals surface area contributed by atoms with Crippen molar-refractivity contribution in [1.29, 1.82) is 0 Å². The molecule has 0 bridgehead atoms. The molecule has 2 aliphatic rings. The van der Waals surface area contributed by atoms with Gasteiger partial charge < -0.3 is 10.2 Å². The summed E-state index contributed by atoms with van der Waals surface area (Å²) in [7, 11) is -0.227. The summed E-state index contributed by atoms with van der Waals surface area (Å²) in [6.45, 7) is 0. The van der Waals surface area contributed by atoms with Crippen LogP contribution in [-0.4, -0.2) is 48.8 Å². The van der Waals surface area contributed by atoms with Crippen molar-refractivity contribution in [1.82, 2.24) is 9.88 Å². The Balaban J connectivity index is 1.57. The van der Waals surface area contributed by atoms with Gasteiger partial charge >= 0.3 is 0 Å². The molecule has 0 spiro atoms. The van der Waals surface area contributed by atoms with Crippen LogP contribution in [0.3, 0.4) is 0 Å². The van der Waals surface area contributed by atoms with E-state index in [9.17, 15) is 12.8 Å². The van der Waals surface area contributed by atoms with E-state index < -0.39 is 25.1 Å². The highest BCUT2D eigenvalue weighted by Gasteiger charge is 2.66. The van der Waals surface area contributed by atoms with E-state index in [2.05, 4.69) is 19.9 Å². The van der Waals surface area contributed by atoms with Crippen molar-refractivity contribution in [2.45, 2.75) is 34.2 Å². The minimum Gasteiger partial charge on any atom is -0.379 e. The summed E-state index contributed by atoms with van der Waals surface area (Å²) in [4.78, 5) is 5.40. The monoisotopic (exact) mass is 512 g/mol. The number of halogens is 4. The van der Waals surface area contributed by atoms with Crippen LogP contribution in [0.15, 0.2) is 28.6 Å². The molecule has 30 heavy (non-hydrogen) atoms. The van der Waals surface area contributed by atoms with Crippen LogP contribution >= 0.6 is 46.1 Å². The molecule has 2 N–H and O–H groups in total. The molecule has 0 radical (unpaired) electrons. The lowest BCUT2D eigenvalue weighted by Crippen LogP contribution is -2.46. The second-order valence-corrected chi connectivity index (χ2v) is 12.2. The Morgan fingerprint density at radius 3 is 2.60 bits per heavy atom. The quantitative estimate of drug-likeness (QED) is 0.550. The van der Waals surface area contributed by atoms with Crippen molar-refractivity contribution >= 4 is 67.0 Å². The van der Waals surface area contributed by atoms with Gasteiger partial charge in [0.25, 0.3) is 10.0 Å². The zero-order valence-corrected chi connectivity index (χ0v) is 20.0. The van der Waals surface area contributed by atoms with Crippen LogP contribution < -0.4 is 10.0 Å². The van der Waals surface area contributed by atoms with Crippen molar-refractivity contribution in [3.05, 3.63) is 34.5 Å². The first-order chi connectivity index (χ1) is 14.0. The number of nitrogens with one attached hydrogen (secondary N) is 2. The van der Waals surface area contributed by atoms with E-state index >= 15 is 0 Å². The van der Waals surface area contributed by atoms with E-state index in [0.29, 0.717) is 12.1 Å². The first-order valence-electron chi connectivity index (χ1n) is 9.23. The zero-order valence-electron chi connectivity index (χ0n) is 16.1. The third-order valence-electron chi connectivity index (χ3n) is 5.80. The molecule has 2 aromatic rings. The number of nitrogens with zero attached hydrogens (tertiary/aromatic N) is 2. The van der Waals surface area contributed by atoms with Crippen LogP contribution in [0.2, 0.25) is 5.02 Å². The van der Waals surface area contributed by atoms with E-state index in [0.717, 1.165) is 29.9 Å². The Bertz CT molecular complexity index is 1050. The fraction of sp³-hybridized carbons (Fsp3) is 0.500. The number of likely N-dealkylation sites (N-methyl/N-ethyl adjacent to an activating group) is 1. The molecule has 4 atom stereocenters. The lowest BCUT2D eigenvalue weighted by atomic mass is 9.89. The van der Waals surface area contributed by atoms with Gasteiger partial charge in [0.2, 0.25) is 0 Å². The second kappa shape index (κ2) is 7.94. The summed E-state index contributed by atoms with van der Waals surface area (Å²) in [6, 6.07) is 2.28. The third kappa shape index (κ3) is 4.12. The predicted molar refractivity (Wildman–Crippen MR) is 120 cm³/mol. The van der Waals surface area contributed by atoms with Gasteiger partial charge in [-0.1, -0.05) is 11.6 Å². The molecule has 2 fully saturated rings. The Morgan fingerprint density at radius 2 is 1.97 bits per heavy atom. The number of hydrogen-bond acceptors (Lipinski definition) is 6. The first-order valence-corrected chi connectivity index (χ1v) is 12.7. The third-order valence-corrected chi connectivity index (χ3v) is 9.41. The molecule has 1 aromatic carbocycles. The van der Waals surface area contributed by atoms with Crippen LogP contribution in [0.25, 0.3) is 0 Å².